The monoisotopic (exact) mass is 338 g/mol. The maximum Gasteiger partial charge on any atom is 0.232 e. The molecule has 25 heavy (non-hydrogen) atoms. The average molecular weight is 338 g/mol. The molecular formula is C21H26N2O2. The minimum Gasteiger partial charge on any atom is -0.352 e. The smallest absolute Gasteiger partial charge is 0.232 e. The largest absolute Gasteiger partial charge is 0.352 e. The van der Waals surface area contributed by atoms with Gasteiger partial charge in [0.2, 0.25) is 11.8 Å². The van der Waals surface area contributed by atoms with Crippen molar-refractivity contribution in [2.75, 3.05) is 0 Å². The molecule has 2 rings (SSSR count). The molecule has 0 radical (unpaired) electrons. The molecular weight excluding hydrogens is 312 g/mol. The molecule has 4 heteroatoms. The van der Waals surface area contributed by atoms with Crippen LogP contribution >= 0.6 is 0 Å². The van der Waals surface area contributed by atoms with Crippen LogP contribution in [0.15, 0.2) is 54.6 Å². The molecule has 4 nitrogen and oxygen atoms in total. The Bertz CT molecular complexity index is 711. The van der Waals surface area contributed by atoms with Crippen molar-refractivity contribution in [3.63, 3.8) is 0 Å². The maximum atomic E-state index is 12.5. The Hall–Kier alpha value is -2.62. The van der Waals surface area contributed by atoms with Gasteiger partial charge in [0, 0.05) is 19.1 Å². The number of carbonyl (C=O) groups is 2. The van der Waals surface area contributed by atoms with Crippen molar-refractivity contribution in [1.82, 2.24) is 10.2 Å². The summed E-state index contributed by atoms with van der Waals surface area (Å²) in [6, 6.07) is 17.8. The van der Waals surface area contributed by atoms with Crippen LogP contribution in [0.25, 0.3) is 0 Å². The number of rotatable bonds is 7. The molecule has 0 saturated heterocycles. The minimum atomic E-state index is -0.245. The van der Waals surface area contributed by atoms with Gasteiger partial charge in [-0.15, -0.1) is 0 Å². The van der Waals surface area contributed by atoms with Gasteiger partial charge in [-0.25, -0.2) is 0 Å². The lowest BCUT2D eigenvalue weighted by molar-refractivity contribution is -0.138. The molecule has 2 aromatic rings. The fraction of sp³-hybridized carbons (Fsp3) is 0.333. The number of nitrogens with zero attached hydrogens (tertiary/aromatic N) is 1. The zero-order valence-corrected chi connectivity index (χ0v) is 15.2. The first-order valence-corrected chi connectivity index (χ1v) is 8.61. The van der Waals surface area contributed by atoms with Gasteiger partial charge in [0.1, 0.15) is 6.42 Å². The number of benzene rings is 2. The number of amides is 2. The summed E-state index contributed by atoms with van der Waals surface area (Å²) in [4.78, 5) is 26.4. The van der Waals surface area contributed by atoms with Crippen LogP contribution in [0, 0.1) is 6.92 Å². The van der Waals surface area contributed by atoms with E-state index in [0.717, 1.165) is 16.7 Å². The number of nitrogens with one attached hydrogen (secondary N) is 1. The highest BCUT2D eigenvalue weighted by atomic mass is 16.2. The van der Waals surface area contributed by atoms with Crippen molar-refractivity contribution in [3.8, 4) is 0 Å². The number of aryl methyl sites for hydroxylation is 1. The first-order chi connectivity index (χ1) is 12.0. The molecule has 0 fully saturated rings. The fourth-order valence-corrected chi connectivity index (χ4v) is 2.66. The first kappa shape index (κ1) is 18.7. The van der Waals surface area contributed by atoms with Gasteiger partial charge in [0.05, 0.1) is 0 Å². The van der Waals surface area contributed by atoms with Crippen LogP contribution in [-0.4, -0.2) is 22.8 Å². The molecule has 2 aromatic carbocycles. The molecule has 0 heterocycles. The molecule has 0 aliphatic heterocycles. The van der Waals surface area contributed by atoms with Crippen molar-refractivity contribution in [2.24, 2.45) is 0 Å². The van der Waals surface area contributed by atoms with Crippen molar-refractivity contribution < 1.29 is 9.59 Å². The van der Waals surface area contributed by atoms with E-state index >= 15 is 0 Å². The predicted octanol–water partition coefficient (Wildman–Crippen LogP) is 3.44. The van der Waals surface area contributed by atoms with Gasteiger partial charge in [-0.1, -0.05) is 60.2 Å². The quantitative estimate of drug-likeness (QED) is 0.786. The fourth-order valence-electron chi connectivity index (χ4n) is 2.66. The van der Waals surface area contributed by atoms with E-state index in [-0.39, 0.29) is 24.3 Å². The second-order valence-electron chi connectivity index (χ2n) is 6.54. The Labute approximate surface area is 149 Å². The second kappa shape index (κ2) is 9.02. The molecule has 0 saturated carbocycles. The standard InChI is InChI=1S/C21H26N2O2/c1-16(2)23(15-18-9-5-4-6-10-18)21(25)13-20(24)22-14-19-11-7-8-17(3)12-19/h4-12,16H,13-15H2,1-3H3,(H,22,24). The molecule has 0 aliphatic rings. The Morgan fingerprint density at radius 3 is 2.32 bits per heavy atom. The van der Waals surface area contributed by atoms with Crippen molar-refractivity contribution >= 4 is 11.8 Å². The SMILES string of the molecule is Cc1cccc(CNC(=O)CC(=O)N(Cc2ccccc2)C(C)C)c1. The molecule has 0 unspecified atom stereocenters. The summed E-state index contributed by atoms with van der Waals surface area (Å²) in [6.07, 6.45) is -0.128. The summed E-state index contributed by atoms with van der Waals surface area (Å²) in [5.41, 5.74) is 3.24. The van der Waals surface area contributed by atoms with E-state index in [4.69, 9.17) is 0 Å². The van der Waals surface area contributed by atoms with E-state index in [1.807, 2.05) is 75.4 Å². The average Bonchev–Trinajstić information content (AvgIpc) is 2.58. The van der Waals surface area contributed by atoms with Gasteiger partial charge < -0.3 is 10.2 Å². The zero-order valence-electron chi connectivity index (χ0n) is 15.2. The number of hydrogen-bond donors (Lipinski definition) is 1. The second-order valence-corrected chi connectivity index (χ2v) is 6.54. The molecule has 132 valence electrons. The van der Waals surface area contributed by atoms with Crippen molar-refractivity contribution in [1.29, 1.82) is 0 Å². The Morgan fingerprint density at radius 1 is 1.00 bits per heavy atom. The summed E-state index contributed by atoms with van der Waals surface area (Å²) < 4.78 is 0. The topological polar surface area (TPSA) is 49.4 Å². The highest BCUT2D eigenvalue weighted by molar-refractivity contribution is 5.96. The normalized spacial score (nSPS) is 10.6. The van der Waals surface area contributed by atoms with Gasteiger partial charge >= 0.3 is 0 Å². The zero-order chi connectivity index (χ0) is 18.2. The lowest BCUT2D eigenvalue weighted by atomic mass is 10.1. The summed E-state index contributed by atoms with van der Waals surface area (Å²) in [6.45, 7) is 6.90. The maximum absolute atomic E-state index is 12.5. The van der Waals surface area contributed by atoms with Gasteiger partial charge in [0.25, 0.3) is 0 Å². The summed E-state index contributed by atoms with van der Waals surface area (Å²) >= 11 is 0. The van der Waals surface area contributed by atoms with Crippen LogP contribution < -0.4 is 5.32 Å². The third kappa shape index (κ3) is 6.07. The Kier molecular flexibility index (Phi) is 6.75. The Balaban J connectivity index is 1.90. The molecule has 0 atom stereocenters. The molecule has 2 amide bonds. The Morgan fingerprint density at radius 2 is 1.68 bits per heavy atom. The van der Waals surface area contributed by atoms with E-state index in [0.29, 0.717) is 13.1 Å². The van der Waals surface area contributed by atoms with Crippen LogP contribution in [-0.2, 0) is 22.7 Å². The number of hydrogen-bond acceptors (Lipinski definition) is 2. The highest BCUT2D eigenvalue weighted by Gasteiger charge is 2.20. The lowest BCUT2D eigenvalue weighted by Crippen LogP contribution is -2.39. The van der Waals surface area contributed by atoms with E-state index in [9.17, 15) is 9.59 Å². The van der Waals surface area contributed by atoms with Crippen LogP contribution in [0.1, 0.15) is 37.0 Å². The van der Waals surface area contributed by atoms with Gasteiger partial charge in [0.15, 0.2) is 0 Å². The summed E-state index contributed by atoms with van der Waals surface area (Å²) in [7, 11) is 0. The van der Waals surface area contributed by atoms with E-state index < -0.39 is 0 Å². The summed E-state index contributed by atoms with van der Waals surface area (Å²) in [5, 5.41) is 2.83. The third-order valence-corrected chi connectivity index (χ3v) is 4.02. The molecule has 0 aromatic heterocycles. The van der Waals surface area contributed by atoms with E-state index in [1.165, 1.54) is 0 Å². The molecule has 0 spiro atoms. The van der Waals surface area contributed by atoms with Gasteiger partial charge in [-0.05, 0) is 31.9 Å². The summed E-state index contributed by atoms with van der Waals surface area (Å²) in [5.74, 6) is -0.397. The number of carbonyl (C=O) groups excluding carboxylic acids is 2. The predicted molar refractivity (Wildman–Crippen MR) is 99.8 cm³/mol. The lowest BCUT2D eigenvalue weighted by Gasteiger charge is -2.26. The molecule has 0 bridgehead atoms. The van der Waals surface area contributed by atoms with Crippen LogP contribution in [0.5, 0.6) is 0 Å². The van der Waals surface area contributed by atoms with Gasteiger partial charge in [-0.2, -0.15) is 0 Å². The molecule has 1 N–H and O–H groups in total. The van der Waals surface area contributed by atoms with Crippen LogP contribution in [0.2, 0.25) is 0 Å². The van der Waals surface area contributed by atoms with E-state index in [1.54, 1.807) is 4.90 Å². The molecule has 0 aliphatic carbocycles. The van der Waals surface area contributed by atoms with Gasteiger partial charge in [-0.3, -0.25) is 9.59 Å². The minimum absolute atomic E-state index is 0.0391. The van der Waals surface area contributed by atoms with Crippen LogP contribution in [0.3, 0.4) is 0 Å². The van der Waals surface area contributed by atoms with Crippen molar-refractivity contribution in [3.05, 3.63) is 71.3 Å². The highest BCUT2D eigenvalue weighted by Crippen LogP contribution is 2.10. The first-order valence-electron chi connectivity index (χ1n) is 8.61. The van der Waals surface area contributed by atoms with Crippen LogP contribution in [0.4, 0.5) is 0 Å². The third-order valence-electron chi connectivity index (χ3n) is 4.02. The van der Waals surface area contributed by atoms with E-state index in [2.05, 4.69) is 5.32 Å². The van der Waals surface area contributed by atoms with Crippen molar-refractivity contribution in [2.45, 2.75) is 46.3 Å².